The Morgan fingerprint density at radius 3 is 2.25 bits per heavy atom. The van der Waals surface area contributed by atoms with Crippen LogP contribution in [-0.2, 0) is 0 Å². The van der Waals surface area contributed by atoms with Crippen molar-refractivity contribution in [2.75, 3.05) is 10.6 Å². The molecule has 2 heterocycles. The Hall–Kier alpha value is -4.27. The second kappa shape index (κ2) is 8.84. The largest absolute Gasteiger partial charge is 0.438 e. The van der Waals surface area contributed by atoms with E-state index < -0.39 is 6.03 Å². The molecule has 0 spiro atoms. The molecule has 32 heavy (non-hydrogen) atoms. The number of anilines is 2. The van der Waals surface area contributed by atoms with E-state index >= 15 is 0 Å². The van der Waals surface area contributed by atoms with Gasteiger partial charge < -0.3 is 15.4 Å². The second-order valence-corrected chi connectivity index (χ2v) is 7.24. The van der Waals surface area contributed by atoms with E-state index in [1.165, 1.54) is 6.07 Å². The lowest BCUT2D eigenvalue weighted by Crippen LogP contribution is -2.19. The van der Waals surface area contributed by atoms with Crippen LogP contribution in [-0.4, -0.2) is 26.0 Å². The Labute approximate surface area is 184 Å². The van der Waals surface area contributed by atoms with Crippen molar-refractivity contribution < 1.29 is 13.9 Å². The van der Waals surface area contributed by atoms with Gasteiger partial charge in [-0.2, -0.15) is 5.10 Å². The highest BCUT2D eigenvalue weighted by Crippen LogP contribution is 2.22. The minimum Gasteiger partial charge on any atom is -0.438 e. The first-order chi connectivity index (χ1) is 15.4. The van der Waals surface area contributed by atoms with Gasteiger partial charge in [0.1, 0.15) is 11.6 Å². The Bertz CT molecular complexity index is 1250. The smallest absolute Gasteiger partial charge is 0.323 e. The van der Waals surface area contributed by atoms with E-state index in [-0.39, 0.29) is 5.82 Å². The molecular formula is C23H21FN6O2. The van der Waals surface area contributed by atoms with Crippen LogP contribution >= 0.6 is 0 Å². The van der Waals surface area contributed by atoms with Gasteiger partial charge in [-0.05, 0) is 74.9 Å². The van der Waals surface area contributed by atoms with E-state index in [1.807, 2.05) is 19.9 Å². The molecule has 4 aromatic rings. The number of carbonyl (C=O) groups is 1. The fourth-order valence-corrected chi connectivity index (χ4v) is 3.03. The number of halogens is 1. The van der Waals surface area contributed by atoms with Crippen molar-refractivity contribution in [2.24, 2.45) is 0 Å². The van der Waals surface area contributed by atoms with Gasteiger partial charge in [0.15, 0.2) is 5.82 Å². The van der Waals surface area contributed by atoms with Gasteiger partial charge >= 0.3 is 6.03 Å². The van der Waals surface area contributed by atoms with Crippen LogP contribution in [0.1, 0.15) is 17.0 Å². The number of hydrogen-bond donors (Lipinski definition) is 2. The molecular weight excluding hydrogens is 411 g/mol. The summed E-state index contributed by atoms with van der Waals surface area (Å²) in [4.78, 5) is 12.1. The zero-order valence-corrected chi connectivity index (χ0v) is 17.8. The highest BCUT2D eigenvalue weighted by atomic mass is 19.1. The molecule has 9 heteroatoms. The van der Waals surface area contributed by atoms with Gasteiger partial charge in [-0.25, -0.2) is 13.9 Å². The summed E-state index contributed by atoms with van der Waals surface area (Å²) in [5.41, 5.74) is 3.29. The number of aromatic nitrogens is 4. The number of amides is 2. The second-order valence-electron chi connectivity index (χ2n) is 7.24. The molecule has 162 valence electrons. The van der Waals surface area contributed by atoms with Crippen LogP contribution in [0.5, 0.6) is 11.6 Å². The molecule has 8 nitrogen and oxygen atoms in total. The molecule has 0 atom stereocenters. The summed E-state index contributed by atoms with van der Waals surface area (Å²) in [5, 5.41) is 17.9. The van der Waals surface area contributed by atoms with E-state index in [0.717, 1.165) is 11.4 Å². The van der Waals surface area contributed by atoms with Crippen LogP contribution in [0.25, 0.3) is 5.82 Å². The average Bonchev–Trinajstić information content (AvgIpc) is 3.10. The summed E-state index contributed by atoms with van der Waals surface area (Å²) in [6.45, 7) is 5.52. The highest BCUT2D eigenvalue weighted by molar-refractivity contribution is 5.99. The lowest BCUT2D eigenvalue weighted by atomic mass is 10.2. The third-order valence-electron chi connectivity index (χ3n) is 4.62. The average molecular weight is 432 g/mol. The number of nitrogens with one attached hydrogen (secondary N) is 2. The molecule has 0 aliphatic carbocycles. The first-order valence-electron chi connectivity index (χ1n) is 9.87. The third-order valence-corrected chi connectivity index (χ3v) is 4.62. The van der Waals surface area contributed by atoms with Crippen LogP contribution in [0.4, 0.5) is 20.6 Å². The van der Waals surface area contributed by atoms with E-state index in [4.69, 9.17) is 4.74 Å². The fraction of sp³-hybridized carbons (Fsp3) is 0.130. The van der Waals surface area contributed by atoms with E-state index in [9.17, 15) is 9.18 Å². The van der Waals surface area contributed by atoms with E-state index in [1.54, 1.807) is 60.1 Å². The van der Waals surface area contributed by atoms with Gasteiger partial charge in [0.2, 0.25) is 5.88 Å². The van der Waals surface area contributed by atoms with Crippen molar-refractivity contribution in [3.63, 3.8) is 0 Å². The predicted molar refractivity (Wildman–Crippen MR) is 119 cm³/mol. The van der Waals surface area contributed by atoms with Gasteiger partial charge in [-0.1, -0.05) is 6.07 Å². The molecule has 2 aromatic heterocycles. The molecule has 4 rings (SSSR count). The lowest BCUT2D eigenvalue weighted by Gasteiger charge is -2.09. The van der Waals surface area contributed by atoms with Crippen molar-refractivity contribution in [2.45, 2.75) is 20.8 Å². The van der Waals surface area contributed by atoms with Crippen LogP contribution in [0.3, 0.4) is 0 Å². The van der Waals surface area contributed by atoms with Gasteiger partial charge in [0, 0.05) is 23.1 Å². The van der Waals surface area contributed by atoms with Crippen LogP contribution in [0.2, 0.25) is 0 Å². The maximum atomic E-state index is 13.6. The molecule has 2 amide bonds. The number of rotatable bonds is 5. The standard InChI is InChI=1S/C23H21FN6O2/c1-14-4-5-18(13-20(14)24)26-23(31)25-17-6-8-19(9-7-17)32-22-11-10-21(27-28-22)30-16(3)12-15(2)29-30/h4-13H,1-3H3,(H2,25,26,31). The summed E-state index contributed by atoms with van der Waals surface area (Å²) in [6, 6.07) is 16.2. The summed E-state index contributed by atoms with van der Waals surface area (Å²) in [7, 11) is 0. The zero-order chi connectivity index (χ0) is 22.7. The number of aryl methyl sites for hydroxylation is 3. The number of urea groups is 1. The van der Waals surface area contributed by atoms with Crippen molar-refractivity contribution in [1.82, 2.24) is 20.0 Å². The minimum atomic E-state index is -0.479. The van der Waals surface area contributed by atoms with Gasteiger partial charge in [-0.15, -0.1) is 10.2 Å². The molecule has 0 fully saturated rings. The predicted octanol–water partition coefficient (Wildman–Crippen LogP) is 5.16. The maximum Gasteiger partial charge on any atom is 0.323 e. The molecule has 0 unspecified atom stereocenters. The molecule has 0 radical (unpaired) electrons. The summed E-state index contributed by atoms with van der Waals surface area (Å²) >= 11 is 0. The van der Waals surface area contributed by atoms with Gasteiger partial charge in [0.05, 0.1) is 5.69 Å². The monoisotopic (exact) mass is 432 g/mol. The summed E-state index contributed by atoms with van der Waals surface area (Å²) in [5.74, 6) is 1.08. The number of nitrogens with zero attached hydrogens (tertiary/aromatic N) is 4. The summed E-state index contributed by atoms with van der Waals surface area (Å²) < 4.78 is 21.0. The number of benzene rings is 2. The van der Waals surface area contributed by atoms with Crippen molar-refractivity contribution in [1.29, 1.82) is 0 Å². The van der Waals surface area contributed by atoms with Crippen LogP contribution < -0.4 is 15.4 Å². The number of carbonyl (C=O) groups excluding carboxylic acids is 1. The SMILES string of the molecule is Cc1cc(C)n(-c2ccc(Oc3ccc(NC(=O)Nc4ccc(C)c(F)c4)cc3)nn2)n1. The van der Waals surface area contributed by atoms with Crippen molar-refractivity contribution >= 4 is 17.4 Å². The minimum absolute atomic E-state index is 0.329. The Morgan fingerprint density at radius 2 is 1.62 bits per heavy atom. The fourth-order valence-electron chi connectivity index (χ4n) is 3.03. The molecule has 0 aliphatic heterocycles. The number of ether oxygens (including phenoxy) is 1. The molecule has 0 saturated carbocycles. The van der Waals surface area contributed by atoms with Crippen molar-refractivity contribution in [3.8, 4) is 17.4 Å². The van der Waals surface area contributed by atoms with E-state index in [2.05, 4.69) is 25.9 Å². The third kappa shape index (κ3) is 4.89. The molecule has 0 bridgehead atoms. The normalized spacial score (nSPS) is 10.6. The topological polar surface area (TPSA) is 94.0 Å². The quantitative estimate of drug-likeness (QED) is 0.454. The van der Waals surface area contributed by atoms with Crippen LogP contribution in [0, 0.1) is 26.6 Å². The Kier molecular flexibility index (Phi) is 5.80. The van der Waals surface area contributed by atoms with Crippen molar-refractivity contribution in [3.05, 3.63) is 83.4 Å². The Balaban J connectivity index is 1.35. The summed E-state index contributed by atoms with van der Waals surface area (Å²) in [6.07, 6.45) is 0. The van der Waals surface area contributed by atoms with Gasteiger partial charge in [-0.3, -0.25) is 0 Å². The highest BCUT2D eigenvalue weighted by Gasteiger charge is 2.08. The maximum absolute atomic E-state index is 13.6. The van der Waals surface area contributed by atoms with Crippen LogP contribution in [0.15, 0.2) is 60.7 Å². The Morgan fingerprint density at radius 1 is 0.906 bits per heavy atom. The molecule has 0 saturated heterocycles. The zero-order valence-electron chi connectivity index (χ0n) is 17.8. The lowest BCUT2D eigenvalue weighted by molar-refractivity contribution is 0.262. The molecule has 0 aliphatic rings. The van der Waals surface area contributed by atoms with E-state index in [0.29, 0.717) is 34.4 Å². The van der Waals surface area contributed by atoms with Gasteiger partial charge in [0.25, 0.3) is 0 Å². The molecule has 2 aromatic carbocycles. The number of hydrogen-bond acceptors (Lipinski definition) is 5. The first-order valence-corrected chi connectivity index (χ1v) is 9.87. The first kappa shape index (κ1) is 21.0. The molecule has 2 N–H and O–H groups in total.